The minimum absolute atomic E-state index is 0. The van der Waals surface area contributed by atoms with E-state index in [0.717, 1.165) is 5.75 Å². The van der Waals surface area contributed by atoms with Gasteiger partial charge in [-0.05, 0) is 52.2 Å². The van der Waals surface area contributed by atoms with E-state index in [1.807, 2.05) is 32.9 Å². The van der Waals surface area contributed by atoms with Crippen molar-refractivity contribution >= 4 is 21.4 Å². The predicted molar refractivity (Wildman–Crippen MR) is 140 cm³/mol. The van der Waals surface area contributed by atoms with Gasteiger partial charge in [0, 0.05) is 25.9 Å². The van der Waals surface area contributed by atoms with Gasteiger partial charge in [-0.2, -0.15) is 0 Å². The molecule has 0 fully saturated rings. The molecule has 5 nitrogen and oxygen atoms in total. The number of benzene rings is 1. The summed E-state index contributed by atoms with van der Waals surface area (Å²) in [6.07, 6.45) is 11.1. The largest absolute Gasteiger partial charge is 1.00 e. The van der Waals surface area contributed by atoms with Gasteiger partial charge in [0.15, 0.2) is 12.0 Å². The maximum atomic E-state index is 10.5. The summed E-state index contributed by atoms with van der Waals surface area (Å²) in [5, 5.41) is 11.7. The van der Waals surface area contributed by atoms with Crippen LogP contribution in [0.4, 0.5) is 0 Å². The van der Waals surface area contributed by atoms with Gasteiger partial charge in [-0.15, -0.1) is 0 Å². The second-order valence-corrected chi connectivity index (χ2v) is 14.9. The zero-order valence-corrected chi connectivity index (χ0v) is 25.3. The second kappa shape index (κ2) is 18.1. The number of aromatic hydroxyl groups is 1. The first-order valence-electron chi connectivity index (χ1n) is 12.7. The van der Waals surface area contributed by atoms with E-state index >= 15 is 0 Å². The van der Waals surface area contributed by atoms with Crippen molar-refractivity contribution in [3.05, 3.63) is 18.2 Å². The van der Waals surface area contributed by atoms with Gasteiger partial charge in [0.2, 0.25) is 0 Å². The summed E-state index contributed by atoms with van der Waals surface area (Å²) >= 11 is 0. The minimum Gasteiger partial charge on any atom is -1.00 e. The fourth-order valence-corrected chi connectivity index (χ4v) is 11.5. The molecule has 33 heavy (non-hydrogen) atoms. The Hall–Kier alpha value is -0.173. The summed E-state index contributed by atoms with van der Waals surface area (Å²) < 4.78 is 24.5. The molecule has 0 saturated heterocycles. The molecule has 0 heterocycles. The summed E-state index contributed by atoms with van der Waals surface area (Å²) in [5.41, 5.74) is 0. The number of unbranched alkanes of at least 4 members (excludes halogenated alkanes) is 3. The molecule has 0 saturated carbocycles. The van der Waals surface area contributed by atoms with Gasteiger partial charge < -0.3 is 40.1 Å². The fourth-order valence-electron chi connectivity index (χ4n) is 4.15. The molecule has 0 bridgehead atoms. The number of halogens is 1. The number of phenolic OH excluding ortho intramolecular Hbond substituents is 1. The van der Waals surface area contributed by atoms with Crippen molar-refractivity contribution in [1.29, 1.82) is 0 Å². The van der Waals surface area contributed by atoms with Crippen LogP contribution < -0.4 is 27.0 Å². The van der Waals surface area contributed by atoms with Crippen molar-refractivity contribution in [2.45, 2.75) is 80.1 Å². The van der Waals surface area contributed by atoms with Gasteiger partial charge >= 0.3 is 8.80 Å². The Labute approximate surface area is 215 Å². The Bertz CT molecular complexity index is 596. The van der Waals surface area contributed by atoms with E-state index in [2.05, 4.69) is 20.8 Å². The van der Waals surface area contributed by atoms with Crippen LogP contribution in [0.1, 0.15) is 80.1 Å². The number of hydrogen-bond acceptors (Lipinski definition) is 5. The van der Waals surface area contributed by atoms with Gasteiger partial charge in [-0.1, -0.05) is 40.0 Å². The lowest BCUT2D eigenvalue weighted by molar-refractivity contribution is -0.0000198. The van der Waals surface area contributed by atoms with Gasteiger partial charge in [-0.3, -0.25) is 0 Å². The van der Waals surface area contributed by atoms with Gasteiger partial charge in [0.05, 0.1) is 25.7 Å². The number of ether oxygens (including phenoxy) is 1. The lowest BCUT2D eigenvalue weighted by Gasteiger charge is -2.31. The highest BCUT2D eigenvalue weighted by molar-refractivity contribution is 7.83. The average Bonchev–Trinajstić information content (AvgIpc) is 2.78. The van der Waals surface area contributed by atoms with E-state index in [9.17, 15) is 5.11 Å². The molecule has 194 valence electrons. The third kappa shape index (κ3) is 10.5. The molecule has 0 atom stereocenters. The first-order chi connectivity index (χ1) is 15.5. The topological polar surface area (TPSA) is 57.2 Å². The molecule has 0 radical (unpaired) electrons. The summed E-state index contributed by atoms with van der Waals surface area (Å²) in [6.45, 7) is 14.3. The Morgan fingerprint density at radius 1 is 0.758 bits per heavy atom. The van der Waals surface area contributed by atoms with E-state index in [1.165, 1.54) is 62.3 Å². The number of phenols is 1. The first-order valence-corrected chi connectivity index (χ1v) is 17.0. The van der Waals surface area contributed by atoms with Crippen LogP contribution in [0.3, 0.4) is 0 Å². The molecule has 1 aromatic rings. The van der Waals surface area contributed by atoms with E-state index in [-0.39, 0.29) is 23.2 Å². The molecule has 0 aliphatic carbocycles. The molecule has 0 amide bonds. The molecule has 0 aromatic heterocycles. The van der Waals surface area contributed by atoms with E-state index in [4.69, 9.17) is 18.0 Å². The molecule has 0 aliphatic heterocycles. The molecule has 0 unspecified atom stereocenters. The number of hydrogen-bond donors (Lipinski definition) is 1. The van der Waals surface area contributed by atoms with Crippen molar-refractivity contribution in [2.75, 3.05) is 44.5 Å². The molecule has 1 aromatic carbocycles. The highest BCUT2D eigenvalue weighted by atomic mass is 79.9. The van der Waals surface area contributed by atoms with Crippen LogP contribution in [0.2, 0.25) is 0 Å². The van der Waals surface area contributed by atoms with Crippen LogP contribution in [0.25, 0.3) is 0 Å². The summed E-state index contributed by atoms with van der Waals surface area (Å²) in [5.74, 6) is 1.19. The zero-order valence-electron chi connectivity index (χ0n) is 21.8. The van der Waals surface area contributed by atoms with Crippen molar-refractivity contribution in [2.24, 2.45) is 0 Å². The second-order valence-electron chi connectivity index (χ2n) is 8.30. The van der Waals surface area contributed by atoms with Crippen LogP contribution >= 0.6 is 7.26 Å². The van der Waals surface area contributed by atoms with Crippen LogP contribution in [0, 0.1) is 0 Å². The van der Waals surface area contributed by atoms with Gasteiger partial charge in [-0.25, -0.2) is 0 Å². The average molecular weight is 568 g/mol. The van der Waals surface area contributed by atoms with Crippen LogP contribution in [-0.2, 0) is 13.3 Å². The molecule has 0 spiro atoms. The summed E-state index contributed by atoms with van der Waals surface area (Å²) in [4.78, 5) is 0. The highest BCUT2D eigenvalue weighted by Crippen LogP contribution is 2.61. The summed E-state index contributed by atoms with van der Waals surface area (Å²) in [6, 6.07) is 5.65. The lowest BCUT2D eigenvalue weighted by atomic mass is 10.3. The highest BCUT2D eigenvalue weighted by Gasteiger charge is 2.45. The van der Waals surface area contributed by atoms with Crippen LogP contribution in [0.5, 0.6) is 11.5 Å². The van der Waals surface area contributed by atoms with Crippen molar-refractivity contribution in [1.82, 2.24) is 0 Å². The summed E-state index contributed by atoms with van der Waals surface area (Å²) in [7, 11) is -4.41. The maximum absolute atomic E-state index is 10.5. The third-order valence-corrected chi connectivity index (χ3v) is 13.3. The van der Waals surface area contributed by atoms with Gasteiger partial charge in [0.25, 0.3) is 0 Å². The minimum atomic E-state index is -2.92. The van der Waals surface area contributed by atoms with Crippen molar-refractivity contribution in [3.8, 4) is 11.5 Å². The third-order valence-electron chi connectivity index (χ3n) is 5.77. The zero-order chi connectivity index (χ0) is 23.9. The quantitative estimate of drug-likeness (QED) is 0.205. The first kappa shape index (κ1) is 32.8. The van der Waals surface area contributed by atoms with Crippen LogP contribution in [-0.4, -0.2) is 58.4 Å². The monoisotopic (exact) mass is 566 g/mol. The maximum Gasteiger partial charge on any atom is 0.540 e. The predicted octanol–water partition coefficient (Wildman–Crippen LogP) is 3.41. The molecular weight excluding hydrogens is 519 g/mol. The molecule has 8 heteroatoms. The van der Waals surface area contributed by atoms with Gasteiger partial charge in [0.1, 0.15) is 11.1 Å². The molecular formula is C25H48BrO5PSi. The van der Waals surface area contributed by atoms with Crippen LogP contribution in [0.15, 0.2) is 18.2 Å². The SMILES string of the molecule is CCCC[P+](CCCC)(CCCC)c1cc(O)ccc1OC[Si](OCC)(OCC)OCC.[Br-]. The van der Waals surface area contributed by atoms with Crippen molar-refractivity contribution < 1.29 is 40.1 Å². The molecule has 1 rings (SSSR count). The van der Waals surface area contributed by atoms with E-state index < -0.39 is 16.1 Å². The molecule has 0 aliphatic rings. The Kier molecular flexibility index (Phi) is 18.0. The number of rotatable bonds is 19. The van der Waals surface area contributed by atoms with E-state index in [0.29, 0.717) is 25.6 Å². The fraction of sp³-hybridized carbons (Fsp3) is 0.760. The molecule has 1 N–H and O–H groups in total. The normalized spacial score (nSPS) is 11.9. The Balaban J connectivity index is 0.0000102. The lowest BCUT2D eigenvalue weighted by Crippen LogP contribution is -3.00. The van der Waals surface area contributed by atoms with E-state index in [1.54, 1.807) is 6.07 Å². The van der Waals surface area contributed by atoms with Crippen molar-refractivity contribution in [3.63, 3.8) is 0 Å². The smallest absolute Gasteiger partial charge is 0.540 e. The Morgan fingerprint density at radius 2 is 1.21 bits per heavy atom. The standard InChI is InChI=1S/C25H47O5PSi.BrH/c1-7-13-18-31(19-14-8-2,20-15-9-3)25-21-23(26)16-17-24(25)27-22-32(28-10-4,29-11-5)30-12-6;/h16-17,21H,7-15,18-20,22H2,1-6H3;1H. The Morgan fingerprint density at radius 3 is 1.61 bits per heavy atom.